The molecule has 0 aliphatic rings. The average molecular weight is 205 g/mol. The topological polar surface area (TPSA) is 32.3 Å². The smallest absolute Gasteiger partial charge is 0.223 e. The maximum absolute atomic E-state index is 11.2. The van der Waals surface area contributed by atoms with Crippen LogP contribution in [0, 0.1) is 0 Å². The fourth-order valence-electron chi connectivity index (χ4n) is 0.802. The van der Waals surface area contributed by atoms with E-state index in [2.05, 4.69) is 11.9 Å². The number of hydrogen-bond donors (Lipinski definition) is 1. The Morgan fingerprint density at radius 1 is 1.62 bits per heavy atom. The lowest BCUT2D eigenvalue weighted by Crippen LogP contribution is -2.33. The molecule has 0 radical (unpaired) electrons. The van der Waals surface area contributed by atoms with Crippen molar-refractivity contribution in [1.29, 1.82) is 0 Å². The minimum atomic E-state index is 0.111. The molecular formula is C9H17ClN2O. The molecule has 0 aliphatic carbocycles. The van der Waals surface area contributed by atoms with Gasteiger partial charge in [-0.2, -0.15) is 0 Å². The Balaban J connectivity index is 3.68. The van der Waals surface area contributed by atoms with Crippen LogP contribution in [0.5, 0.6) is 0 Å². The first-order valence-corrected chi connectivity index (χ1v) is 4.58. The van der Waals surface area contributed by atoms with Crippen LogP contribution < -0.4 is 5.32 Å². The van der Waals surface area contributed by atoms with Gasteiger partial charge in [0.15, 0.2) is 0 Å². The van der Waals surface area contributed by atoms with E-state index >= 15 is 0 Å². The van der Waals surface area contributed by atoms with Crippen molar-refractivity contribution in [3.63, 3.8) is 0 Å². The summed E-state index contributed by atoms with van der Waals surface area (Å²) in [4.78, 5) is 12.8. The van der Waals surface area contributed by atoms with Crippen LogP contribution in [-0.2, 0) is 4.79 Å². The molecule has 1 N–H and O–H groups in total. The van der Waals surface area contributed by atoms with Gasteiger partial charge < -0.3 is 10.2 Å². The first kappa shape index (κ1) is 12.5. The van der Waals surface area contributed by atoms with Crippen LogP contribution in [0.2, 0.25) is 0 Å². The summed E-state index contributed by atoms with van der Waals surface area (Å²) in [5.74, 6) is 0.111. The van der Waals surface area contributed by atoms with Gasteiger partial charge in [0, 0.05) is 38.1 Å². The highest BCUT2D eigenvalue weighted by atomic mass is 35.5. The van der Waals surface area contributed by atoms with Crippen LogP contribution in [0.1, 0.15) is 13.3 Å². The molecule has 0 bridgehead atoms. The number of nitrogens with zero attached hydrogens (tertiary/aromatic N) is 1. The number of carbonyl (C=O) groups excluding carboxylic acids is 1. The van der Waals surface area contributed by atoms with E-state index in [4.69, 9.17) is 11.6 Å². The molecule has 0 rings (SSSR count). The van der Waals surface area contributed by atoms with Gasteiger partial charge >= 0.3 is 0 Å². The summed E-state index contributed by atoms with van der Waals surface area (Å²) >= 11 is 5.57. The monoisotopic (exact) mass is 204 g/mol. The van der Waals surface area contributed by atoms with Crippen molar-refractivity contribution in [3.05, 3.63) is 11.6 Å². The number of halogens is 1. The highest BCUT2D eigenvalue weighted by Crippen LogP contribution is 1.98. The number of amides is 1. The maximum Gasteiger partial charge on any atom is 0.223 e. The molecular weight excluding hydrogens is 188 g/mol. The first-order chi connectivity index (χ1) is 5.93. The predicted octanol–water partition coefficient (Wildman–Crippen LogP) is 1.20. The van der Waals surface area contributed by atoms with Crippen LogP contribution in [0.15, 0.2) is 11.6 Å². The van der Waals surface area contributed by atoms with Crippen molar-refractivity contribution in [3.8, 4) is 0 Å². The third kappa shape index (κ3) is 6.61. The SMILES string of the molecule is C=C(Cl)CNC(C)CC(=O)N(C)C. The van der Waals surface area contributed by atoms with Crippen LogP contribution in [0.25, 0.3) is 0 Å². The summed E-state index contributed by atoms with van der Waals surface area (Å²) in [7, 11) is 3.49. The van der Waals surface area contributed by atoms with Gasteiger partial charge in [0.05, 0.1) is 0 Å². The summed E-state index contributed by atoms with van der Waals surface area (Å²) in [6.07, 6.45) is 0.483. The fraction of sp³-hybridized carbons (Fsp3) is 0.667. The normalized spacial score (nSPS) is 12.3. The van der Waals surface area contributed by atoms with Crippen molar-refractivity contribution < 1.29 is 4.79 Å². The Bertz CT molecular complexity index is 192. The Morgan fingerprint density at radius 2 is 2.15 bits per heavy atom. The molecule has 1 amide bonds. The molecule has 0 aliphatic heterocycles. The Labute approximate surface area is 84.7 Å². The van der Waals surface area contributed by atoms with Gasteiger partial charge in [-0.3, -0.25) is 4.79 Å². The van der Waals surface area contributed by atoms with Gasteiger partial charge in [0.1, 0.15) is 0 Å². The fourth-order valence-corrected chi connectivity index (χ4v) is 0.879. The zero-order valence-electron chi connectivity index (χ0n) is 8.43. The second-order valence-electron chi connectivity index (χ2n) is 3.29. The molecule has 3 nitrogen and oxygen atoms in total. The Hall–Kier alpha value is -0.540. The summed E-state index contributed by atoms with van der Waals surface area (Å²) in [6.45, 7) is 6.04. The minimum Gasteiger partial charge on any atom is -0.349 e. The van der Waals surface area contributed by atoms with E-state index in [1.54, 1.807) is 19.0 Å². The quantitative estimate of drug-likeness (QED) is 0.730. The van der Waals surface area contributed by atoms with E-state index < -0.39 is 0 Å². The van der Waals surface area contributed by atoms with Gasteiger partial charge in [-0.1, -0.05) is 18.2 Å². The van der Waals surface area contributed by atoms with Gasteiger partial charge in [0.25, 0.3) is 0 Å². The molecule has 0 aromatic heterocycles. The minimum absolute atomic E-state index is 0.111. The lowest BCUT2D eigenvalue weighted by atomic mass is 10.2. The lowest BCUT2D eigenvalue weighted by Gasteiger charge is -2.16. The molecule has 0 aromatic carbocycles. The Kier molecular flexibility index (Phi) is 5.75. The van der Waals surface area contributed by atoms with E-state index in [9.17, 15) is 4.79 Å². The molecule has 0 heterocycles. The third-order valence-corrected chi connectivity index (χ3v) is 1.76. The van der Waals surface area contributed by atoms with Crippen LogP contribution in [-0.4, -0.2) is 37.5 Å². The standard InChI is InChI=1S/C9H17ClN2O/c1-7(10)6-11-8(2)5-9(13)12(3)4/h8,11H,1,5-6H2,2-4H3. The molecule has 76 valence electrons. The summed E-state index contributed by atoms with van der Waals surface area (Å²) in [6, 6.07) is 0.130. The molecule has 0 saturated carbocycles. The van der Waals surface area contributed by atoms with Crippen LogP contribution in [0.4, 0.5) is 0 Å². The van der Waals surface area contributed by atoms with E-state index in [0.29, 0.717) is 18.0 Å². The number of hydrogen-bond acceptors (Lipinski definition) is 2. The predicted molar refractivity (Wildman–Crippen MR) is 55.8 cm³/mol. The highest BCUT2D eigenvalue weighted by molar-refractivity contribution is 6.29. The zero-order valence-corrected chi connectivity index (χ0v) is 9.19. The van der Waals surface area contributed by atoms with Gasteiger partial charge in [-0.05, 0) is 6.92 Å². The second kappa shape index (κ2) is 6.00. The Morgan fingerprint density at radius 3 is 2.54 bits per heavy atom. The van der Waals surface area contributed by atoms with Crippen molar-refractivity contribution in [2.75, 3.05) is 20.6 Å². The second-order valence-corrected chi connectivity index (χ2v) is 3.83. The maximum atomic E-state index is 11.2. The number of rotatable bonds is 5. The van der Waals surface area contributed by atoms with E-state index in [-0.39, 0.29) is 11.9 Å². The lowest BCUT2D eigenvalue weighted by molar-refractivity contribution is -0.129. The largest absolute Gasteiger partial charge is 0.349 e. The van der Waals surface area contributed by atoms with Crippen LogP contribution in [0.3, 0.4) is 0 Å². The molecule has 0 saturated heterocycles. The van der Waals surface area contributed by atoms with Crippen LogP contribution >= 0.6 is 11.6 Å². The molecule has 13 heavy (non-hydrogen) atoms. The molecule has 1 atom stereocenters. The summed E-state index contributed by atoms with van der Waals surface area (Å²) in [5.41, 5.74) is 0. The molecule has 4 heteroatoms. The molecule has 0 fully saturated rings. The average Bonchev–Trinajstić information content (AvgIpc) is 2.00. The van der Waals surface area contributed by atoms with Crippen molar-refractivity contribution >= 4 is 17.5 Å². The summed E-state index contributed by atoms with van der Waals surface area (Å²) < 4.78 is 0. The van der Waals surface area contributed by atoms with E-state index in [0.717, 1.165) is 0 Å². The summed E-state index contributed by atoms with van der Waals surface area (Å²) in [5, 5.41) is 3.65. The number of nitrogens with one attached hydrogen (secondary N) is 1. The molecule has 0 spiro atoms. The first-order valence-electron chi connectivity index (χ1n) is 4.20. The van der Waals surface area contributed by atoms with Gasteiger partial charge in [-0.15, -0.1) is 0 Å². The van der Waals surface area contributed by atoms with E-state index in [1.165, 1.54) is 0 Å². The van der Waals surface area contributed by atoms with Crippen molar-refractivity contribution in [1.82, 2.24) is 10.2 Å². The third-order valence-electron chi connectivity index (χ3n) is 1.62. The molecule has 0 aromatic rings. The zero-order chi connectivity index (χ0) is 10.4. The van der Waals surface area contributed by atoms with E-state index in [1.807, 2.05) is 6.92 Å². The van der Waals surface area contributed by atoms with Crippen molar-refractivity contribution in [2.45, 2.75) is 19.4 Å². The highest BCUT2D eigenvalue weighted by Gasteiger charge is 2.09. The number of carbonyl (C=O) groups is 1. The van der Waals surface area contributed by atoms with Gasteiger partial charge in [-0.25, -0.2) is 0 Å². The van der Waals surface area contributed by atoms with Crippen molar-refractivity contribution in [2.24, 2.45) is 0 Å². The van der Waals surface area contributed by atoms with Gasteiger partial charge in [0.2, 0.25) is 5.91 Å². The molecule has 1 unspecified atom stereocenters.